The van der Waals surface area contributed by atoms with Gasteiger partial charge >= 0.3 is 0 Å². The van der Waals surface area contributed by atoms with Crippen LogP contribution in [0.4, 0.5) is 16.2 Å². The average Bonchev–Trinajstić information content (AvgIpc) is 2.46. The molecule has 1 aromatic rings. The quantitative estimate of drug-likeness (QED) is 0.780. The first kappa shape index (κ1) is 14.9. The van der Waals surface area contributed by atoms with Crippen LogP contribution in [0.5, 0.6) is 0 Å². The maximum absolute atomic E-state index is 13.4. The van der Waals surface area contributed by atoms with Crippen LogP contribution in [-0.2, 0) is 4.74 Å². The van der Waals surface area contributed by atoms with Gasteiger partial charge in [0.15, 0.2) is 11.6 Å². The molecule has 20 heavy (non-hydrogen) atoms. The van der Waals surface area contributed by atoms with Crippen molar-refractivity contribution in [2.45, 2.75) is 6.42 Å². The fourth-order valence-corrected chi connectivity index (χ4v) is 2.08. The predicted molar refractivity (Wildman–Crippen MR) is 76.7 cm³/mol. The van der Waals surface area contributed by atoms with E-state index in [-0.39, 0.29) is 0 Å². The van der Waals surface area contributed by atoms with Gasteiger partial charge in [-0.1, -0.05) is 0 Å². The van der Waals surface area contributed by atoms with E-state index in [0.29, 0.717) is 11.8 Å². The number of hydrogen-bond acceptors (Lipinski definition) is 6. The van der Waals surface area contributed by atoms with Crippen LogP contribution in [0.2, 0.25) is 0 Å². The number of ether oxygens (including phenoxy) is 1. The van der Waals surface area contributed by atoms with Crippen LogP contribution in [0.15, 0.2) is 6.20 Å². The Morgan fingerprint density at radius 2 is 2.15 bits per heavy atom. The highest BCUT2D eigenvalue weighted by Crippen LogP contribution is 2.14. The number of aromatic nitrogens is 2. The number of nitrogens with zero attached hydrogens (tertiary/aromatic N) is 4. The van der Waals surface area contributed by atoms with Gasteiger partial charge in [0.05, 0.1) is 19.4 Å². The largest absolute Gasteiger partial charge is 0.379 e. The maximum atomic E-state index is 13.4. The molecule has 2 rings (SSSR count). The molecule has 1 saturated heterocycles. The van der Waals surface area contributed by atoms with E-state index >= 15 is 0 Å². The molecule has 1 N–H and O–H groups in total. The van der Waals surface area contributed by atoms with Gasteiger partial charge in [-0.2, -0.15) is 4.98 Å². The molecular weight excluding hydrogens is 261 g/mol. The Balaban J connectivity index is 1.74. The van der Waals surface area contributed by atoms with Crippen molar-refractivity contribution < 1.29 is 9.13 Å². The summed E-state index contributed by atoms with van der Waals surface area (Å²) in [5, 5.41) is 3.13. The normalized spacial score (nSPS) is 16.1. The van der Waals surface area contributed by atoms with Crippen molar-refractivity contribution in [3.8, 4) is 0 Å². The highest BCUT2D eigenvalue weighted by atomic mass is 19.1. The standard InChI is InChI=1S/C13H22FN5O/c1-18(2)12-11(14)10-16-13(17-12)15-4-3-5-19-6-8-20-9-7-19/h10H,3-9H2,1-2H3,(H,15,16,17). The van der Waals surface area contributed by atoms with Crippen molar-refractivity contribution >= 4 is 11.8 Å². The van der Waals surface area contributed by atoms with E-state index in [1.807, 2.05) is 0 Å². The van der Waals surface area contributed by atoms with Crippen LogP contribution >= 0.6 is 0 Å². The molecule has 0 aromatic carbocycles. The third-order valence-corrected chi connectivity index (χ3v) is 3.19. The third-order valence-electron chi connectivity index (χ3n) is 3.19. The molecule has 0 amide bonds. The van der Waals surface area contributed by atoms with Crippen molar-refractivity contribution in [2.24, 2.45) is 0 Å². The number of halogens is 1. The SMILES string of the molecule is CN(C)c1nc(NCCCN2CCOCC2)ncc1F. The lowest BCUT2D eigenvalue weighted by Gasteiger charge is -2.26. The van der Waals surface area contributed by atoms with E-state index in [0.717, 1.165) is 45.8 Å². The number of nitrogens with one attached hydrogen (secondary N) is 1. The van der Waals surface area contributed by atoms with Crippen LogP contribution < -0.4 is 10.2 Å². The van der Waals surface area contributed by atoms with Gasteiger partial charge in [0.2, 0.25) is 5.95 Å². The second-order valence-electron chi connectivity index (χ2n) is 4.99. The molecule has 0 atom stereocenters. The first-order valence-electron chi connectivity index (χ1n) is 6.90. The number of hydrogen-bond donors (Lipinski definition) is 1. The fraction of sp³-hybridized carbons (Fsp3) is 0.692. The van der Waals surface area contributed by atoms with Gasteiger partial charge in [-0.25, -0.2) is 9.37 Å². The minimum absolute atomic E-state index is 0.302. The summed E-state index contributed by atoms with van der Waals surface area (Å²) in [5.41, 5.74) is 0. The lowest BCUT2D eigenvalue weighted by molar-refractivity contribution is 0.0378. The van der Waals surface area contributed by atoms with E-state index in [9.17, 15) is 4.39 Å². The Morgan fingerprint density at radius 1 is 1.40 bits per heavy atom. The summed E-state index contributed by atoms with van der Waals surface area (Å²) in [6.45, 7) is 5.44. The summed E-state index contributed by atoms with van der Waals surface area (Å²) >= 11 is 0. The molecule has 6 nitrogen and oxygen atoms in total. The van der Waals surface area contributed by atoms with Gasteiger partial charge in [-0.15, -0.1) is 0 Å². The average molecular weight is 283 g/mol. The summed E-state index contributed by atoms with van der Waals surface area (Å²) < 4.78 is 18.7. The second kappa shape index (κ2) is 7.35. The zero-order chi connectivity index (χ0) is 14.4. The van der Waals surface area contributed by atoms with E-state index in [1.165, 1.54) is 6.20 Å². The summed E-state index contributed by atoms with van der Waals surface area (Å²) in [4.78, 5) is 12.1. The highest BCUT2D eigenvalue weighted by molar-refractivity contribution is 5.42. The summed E-state index contributed by atoms with van der Waals surface area (Å²) in [6.07, 6.45) is 2.20. The number of anilines is 2. The van der Waals surface area contributed by atoms with E-state index in [4.69, 9.17) is 4.74 Å². The van der Waals surface area contributed by atoms with Crippen molar-refractivity contribution in [3.05, 3.63) is 12.0 Å². The molecule has 7 heteroatoms. The van der Waals surface area contributed by atoms with Crippen molar-refractivity contribution in [1.82, 2.24) is 14.9 Å². The van der Waals surface area contributed by atoms with Gasteiger partial charge in [0, 0.05) is 33.7 Å². The first-order chi connectivity index (χ1) is 9.66. The Labute approximate surface area is 118 Å². The molecule has 1 aliphatic rings. The van der Waals surface area contributed by atoms with Crippen LogP contribution in [0.25, 0.3) is 0 Å². The van der Waals surface area contributed by atoms with Crippen LogP contribution in [0.1, 0.15) is 6.42 Å². The molecule has 1 aromatic heterocycles. The van der Waals surface area contributed by atoms with Crippen molar-refractivity contribution in [1.29, 1.82) is 0 Å². The van der Waals surface area contributed by atoms with Gasteiger partial charge < -0.3 is 15.0 Å². The Hall–Kier alpha value is -1.47. The lowest BCUT2D eigenvalue weighted by Crippen LogP contribution is -2.37. The topological polar surface area (TPSA) is 53.5 Å². The van der Waals surface area contributed by atoms with E-state index in [1.54, 1.807) is 19.0 Å². The molecule has 2 heterocycles. The zero-order valence-corrected chi connectivity index (χ0v) is 12.1. The summed E-state index contributed by atoms with van der Waals surface area (Å²) in [5.74, 6) is 0.363. The predicted octanol–water partition coefficient (Wildman–Crippen LogP) is 0.816. The minimum atomic E-state index is -0.408. The molecule has 0 radical (unpaired) electrons. The Bertz CT molecular complexity index is 423. The monoisotopic (exact) mass is 283 g/mol. The smallest absolute Gasteiger partial charge is 0.224 e. The fourth-order valence-electron chi connectivity index (χ4n) is 2.08. The van der Waals surface area contributed by atoms with Crippen molar-refractivity contribution in [3.63, 3.8) is 0 Å². The summed E-state index contributed by atoms with van der Waals surface area (Å²) in [6, 6.07) is 0. The molecule has 112 valence electrons. The molecule has 0 saturated carbocycles. The van der Waals surface area contributed by atoms with E-state index < -0.39 is 5.82 Å². The van der Waals surface area contributed by atoms with E-state index in [2.05, 4.69) is 20.2 Å². The maximum Gasteiger partial charge on any atom is 0.224 e. The van der Waals surface area contributed by atoms with Crippen LogP contribution in [0.3, 0.4) is 0 Å². The zero-order valence-electron chi connectivity index (χ0n) is 12.1. The second-order valence-corrected chi connectivity index (χ2v) is 4.99. The van der Waals surface area contributed by atoms with Gasteiger partial charge in [-0.05, 0) is 13.0 Å². The van der Waals surface area contributed by atoms with Gasteiger partial charge in [-0.3, -0.25) is 4.90 Å². The molecule has 1 aliphatic heterocycles. The van der Waals surface area contributed by atoms with Crippen LogP contribution in [0, 0.1) is 5.82 Å². The summed E-state index contributed by atoms with van der Waals surface area (Å²) in [7, 11) is 3.52. The Kier molecular flexibility index (Phi) is 5.49. The minimum Gasteiger partial charge on any atom is -0.379 e. The first-order valence-corrected chi connectivity index (χ1v) is 6.90. The molecule has 0 spiro atoms. The van der Waals surface area contributed by atoms with Crippen molar-refractivity contribution in [2.75, 3.05) is 63.7 Å². The van der Waals surface area contributed by atoms with Crippen LogP contribution in [-0.4, -0.2) is 68.4 Å². The molecule has 0 unspecified atom stereocenters. The lowest BCUT2D eigenvalue weighted by atomic mass is 10.3. The molecule has 0 bridgehead atoms. The molecule has 0 aliphatic carbocycles. The third kappa shape index (κ3) is 4.28. The number of morpholine rings is 1. The highest BCUT2D eigenvalue weighted by Gasteiger charge is 2.10. The van der Waals surface area contributed by atoms with Gasteiger partial charge in [0.1, 0.15) is 0 Å². The molecular formula is C13H22FN5O. The van der Waals surface area contributed by atoms with Gasteiger partial charge in [0.25, 0.3) is 0 Å². The Morgan fingerprint density at radius 3 is 2.85 bits per heavy atom. The number of rotatable bonds is 6. The molecule has 1 fully saturated rings.